The number of nitrogens with one attached hydrogen (secondary N) is 1. The number of hydrogen-bond donors (Lipinski definition) is 1. The van der Waals surface area contributed by atoms with Gasteiger partial charge in [0.15, 0.2) is 0 Å². The van der Waals surface area contributed by atoms with Gasteiger partial charge < -0.3 is 0 Å². The third-order valence-electron chi connectivity index (χ3n) is 6.98. The van der Waals surface area contributed by atoms with Crippen molar-refractivity contribution < 1.29 is 8.42 Å². The Morgan fingerprint density at radius 2 is 2.04 bits per heavy atom. The molecule has 3 saturated heterocycles. The molecule has 4 atom stereocenters. The fourth-order valence-electron chi connectivity index (χ4n) is 5.52. The summed E-state index contributed by atoms with van der Waals surface area (Å²) in [5, 5.41) is 4.87. The average Bonchev–Trinajstić information content (AvgIpc) is 3.30. The lowest BCUT2D eigenvalue weighted by Crippen LogP contribution is -2.56. The molecule has 4 aliphatic rings. The highest BCUT2D eigenvalue weighted by molar-refractivity contribution is 7.89. The van der Waals surface area contributed by atoms with E-state index in [1.54, 1.807) is 0 Å². The number of aryl methyl sites for hydroxylation is 1. The van der Waals surface area contributed by atoms with Crippen molar-refractivity contribution in [1.29, 1.82) is 0 Å². The minimum Gasteiger partial charge on any atom is -0.298 e. The molecule has 1 saturated carbocycles. The standard InChI is InChI=1S/C20H34N4O2S/c1-3-10-27(25,26)21-13-17-11-16-8-9-24(17)14-18(16)20-12-19(22-23(20)2)15-6-4-5-7-15/h12,15-18,21H,3-11,13-14H2,1-2H3/t16-,17+,18-/m0/s1. The Kier molecular flexibility index (Phi) is 5.63. The van der Waals surface area contributed by atoms with Crippen LogP contribution in [0.25, 0.3) is 0 Å². The lowest BCUT2D eigenvalue weighted by molar-refractivity contribution is 0.0306. The number of fused-ring (bicyclic) bond motifs is 3. The van der Waals surface area contributed by atoms with Crippen LogP contribution >= 0.6 is 0 Å². The minimum atomic E-state index is -3.12. The maximum atomic E-state index is 12.0. The fourth-order valence-corrected chi connectivity index (χ4v) is 6.65. The lowest BCUT2D eigenvalue weighted by atomic mass is 9.74. The monoisotopic (exact) mass is 394 g/mol. The van der Waals surface area contributed by atoms with Gasteiger partial charge in [0, 0.05) is 43.7 Å². The Morgan fingerprint density at radius 3 is 2.70 bits per heavy atom. The summed E-state index contributed by atoms with van der Waals surface area (Å²) < 4.78 is 29.0. The molecule has 0 amide bonds. The maximum Gasteiger partial charge on any atom is 0.211 e. The first-order valence-electron chi connectivity index (χ1n) is 10.7. The van der Waals surface area contributed by atoms with Gasteiger partial charge in [0.25, 0.3) is 0 Å². The van der Waals surface area contributed by atoms with Crippen LogP contribution in [0.2, 0.25) is 0 Å². The molecule has 27 heavy (non-hydrogen) atoms. The zero-order chi connectivity index (χ0) is 19.0. The normalized spacial score (nSPS) is 31.6. The molecule has 1 unspecified atom stereocenters. The summed E-state index contributed by atoms with van der Waals surface area (Å²) in [6, 6.07) is 2.72. The molecular formula is C20H34N4O2S. The highest BCUT2D eigenvalue weighted by Gasteiger charge is 2.42. The minimum absolute atomic E-state index is 0.227. The van der Waals surface area contributed by atoms with Crippen LogP contribution in [0.1, 0.15) is 75.1 Å². The number of aromatic nitrogens is 2. The summed E-state index contributed by atoms with van der Waals surface area (Å²) in [4.78, 5) is 2.50. The van der Waals surface area contributed by atoms with Gasteiger partial charge in [-0.25, -0.2) is 13.1 Å². The zero-order valence-corrected chi connectivity index (χ0v) is 17.5. The van der Waals surface area contributed by atoms with E-state index in [4.69, 9.17) is 5.10 Å². The van der Waals surface area contributed by atoms with Crippen molar-refractivity contribution in [2.75, 3.05) is 25.4 Å². The first-order valence-corrected chi connectivity index (χ1v) is 12.4. The van der Waals surface area contributed by atoms with Gasteiger partial charge in [0.2, 0.25) is 10.0 Å². The molecule has 1 aromatic heterocycles. The first kappa shape index (κ1) is 19.4. The van der Waals surface area contributed by atoms with E-state index in [2.05, 4.69) is 27.4 Å². The summed E-state index contributed by atoms with van der Waals surface area (Å²) >= 11 is 0. The van der Waals surface area contributed by atoms with E-state index in [0.29, 0.717) is 36.8 Å². The van der Waals surface area contributed by atoms with Crippen LogP contribution in [-0.2, 0) is 17.1 Å². The second-order valence-electron chi connectivity index (χ2n) is 8.81. The molecule has 0 radical (unpaired) electrons. The molecule has 0 aromatic carbocycles. The van der Waals surface area contributed by atoms with E-state index in [-0.39, 0.29) is 5.75 Å². The summed E-state index contributed by atoms with van der Waals surface area (Å²) in [5.74, 6) is 2.06. The van der Waals surface area contributed by atoms with E-state index < -0.39 is 10.0 Å². The smallest absolute Gasteiger partial charge is 0.211 e. The van der Waals surface area contributed by atoms with Crippen molar-refractivity contribution >= 4 is 10.0 Å². The van der Waals surface area contributed by atoms with Crippen LogP contribution in [0.15, 0.2) is 6.07 Å². The van der Waals surface area contributed by atoms with Gasteiger partial charge in [0.1, 0.15) is 0 Å². The van der Waals surface area contributed by atoms with Gasteiger partial charge >= 0.3 is 0 Å². The van der Waals surface area contributed by atoms with Gasteiger partial charge in [0.05, 0.1) is 11.4 Å². The molecule has 152 valence electrons. The van der Waals surface area contributed by atoms with Crippen LogP contribution in [0.3, 0.4) is 0 Å². The van der Waals surface area contributed by atoms with Crippen molar-refractivity contribution in [3.8, 4) is 0 Å². The number of hydrogen-bond acceptors (Lipinski definition) is 4. The van der Waals surface area contributed by atoms with Gasteiger partial charge in [-0.05, 0) is 50.6 Å². The van der Waals surface area contributed by atoms with Gasteiger partial charge in [-0.3, -0.25) is 9.58 Å². The van der Waals surface area contributed by atoms with E-state index >= 15 is 0 Å². The van der Waals surface area contributed by atoms with E-state index in [1.807, 2.05) is 6.92 Å². The van der Waals surface area contributed by atoms with Crippen molar-refractivity contribution in [2.24, 2.45) is 13.0 Å². The third-order valence-corrected chi connectivity index (χ3v) is 8.53. The number of nitrogens with zero attached hydrogens (tertiary/aromatic N) is 3. The Morgan fingerprint density at radius 1 is 1.26 bits per heavy atom. The largest absolute Gasteiger partial charge is 0.298 e. The molecule has 0 spiro atoms. The van der Waals surface area contributed by atoms with Crippen molar-refractivity contribution in [3.63, 3.8) is 0 Å². The van der Waals surface area contributed by atoms with E-state index in [9.17, 15) is 8.42 Å². The van der Waals surface area contributed by atoms with Gasteiger partial charge in [-0.2, -0.15) is 5.10 Å². The molecule has 3 aliphatic heterocycles. The SMILES string of the molecule is CCCS(=O)(=O)NC[C@H]1C[C@@H]2CCN1C[C@@H]2c1cc(C2CCCC2)nn1C. The van der Waals surface area contributed by atoms with Crippen LogP contribution in [0, 0.1) is 5.92 Å². The predicted octanol–water partition coefficient (Wildman–Crippen LogP) is 2.58. The van der Waals surface area contributed by atoms with Crippen molar-refractivity contribution in [1.82, 2.24) is 19.4 Å². The molecule has 7 heteroatoms. The predicted molar refractivity (Wildman–Crippen MR) is 107 cm³/mol. The van der Waals surface area contributed by atoms with E-state index in [0.717, 1.165) is 19.5 Å². The molecule has 1 aliphatic carbocycles. The first-order chi connectivity index (χ1) is 13.0. The Balaban J connectivity index is 1.42. The molecule has 1 aromatic rings. The second-order valence-corrected chi connectivity index (χ2v) is 10.7. The van der Waals surface area contributed by atoms with Gasteiger partial charge in [-0.1, -0.05) is 19.8 Å². The molecule has 1 N–H and O–H groups in total. The highest BCUT2D eigenvalue weighted by atomic mass is 32.2. The molecule has 4 fully saturated rings. The zero-order valence-electron chi connectivity index (χ0n) is 16.7. The summed E-state index contributed by atoms with van der Waals surface area (Å²) in [7, 11) is -1.02. The average molecular weight is 395 g/mol. The van der Waals surface area contributed by atoms with Crippen LogP contribution in [0.4, 0.5) is 0 Å². The van der Waals surface area contributed by atoms with Crippen LogP contribution < -0.4 is 4.72 Å². The van der Waals surface area contributed by atoms with Crippen LogP contribution in [-0.4, -0.2) is 54.5 Å². The Hall–Kier alpha value is -0.920. The second kappa shape index (κ2) is 7.84. The molecule has 2 bridgehead atoms. The highest BCUT2D eigenvalue weighted by Crippen LogP contribution is 2.43. The van der Waals surface area contributed by atoms with Crippen LogP contribution in [0.5, 0.6) is 0 Å². The van der Waals surface area contributed by atoms with Gasteiger partial charge in [-0.15, -0.1) is 0 Å². The van der Waals surface area contributed by atoms with E-state index in [1.165, 1.54) is 43.5 Å². The Labute approximate surface area is 163 Å². The molecule has 5 rings (SSSR count). The fraction of sp³-hybridized carbons (Fsp3) is 0.850. The maximum absolute atomic E-state index is 12.0. The lowest BCUT2D eigenvalue weighted by Gasteiger charge is -2.50. The summed E-state index contributed by atoms with van der Waals surface area (Å²) in [5.41, 5.74) is 2.68. The molecule has 4 heterocycles. The molecule has 6 nitrogen and oxygen atoms in total. The topological polar surface area (TPSA) is 67.2 Å². The number of piperidine rings is 3. The number of sulfonamides is 1. The van der Waals surface area contributed by atoms with Crippen molar-refractivity contribution in [3.05, 3.63) is 17.5 Å². The number of rotatable bonds is 7. The molecular weight excluding hydrogens is 360 g/mol. The quantitative estimate of drug-likeness (QED) is 0.772. The van der Waals surface area contributed by atoms with Crippen molar-refractivity contribution in [2.45, 2.75) is 69.7 Å². The summed E-state index contributed by atoms with van der Waals surface area (Å²) in [6.07, 6.45) is 8.22. The third kappa shape index (κ3) is 4.10. The summed E-state index contributed by atoms with van der Waals surface area (Å²) in [6.45, 7) is 4.59. The Bertz CT molecular complexity index is 754.